The second-order valence-electron chi connectivity index (χ2n) is 3.51. The number of esters is 1. The lowest BCUT2D eigenvalue weighted by atomic mass is 10.1. The molecule has 0 radical (unpaired) electrons. The number of rotatable bonds is 6. The van der Waals surface area contributed by atoms with E-state index in [9.17, 15) is 9.59 Å². The quantitative estimate of drug-likeness (QED) is 0.545. The molecule has 0 saturated carbocycles. The minimum Gasteiger partial charge on any atom is -0.466 e. The number of benzene rings is 1. The zero-order valence-electron chi connectivity index (χ0n) is 9.44. The number of Topliss-reactive ketones (excluding diaryl/α,β-unsaturated/α-hetero) is 1. The highest BCUT2D eigenvalue weighted by molar-refractivity contribution is 5.95. The van der Waals surface area contributed by atoms with Gasteiger partial charge in [0.2, 0.25) is 0 Å². The topological polar surface area (TPSA) is 43.4 Å². The van der Waals surface area contributed by atoms with Crippen molar-refractivity contribution in [2.75, 3.05) is 6.61 Å². The van der Waals surface area contributed by atoms with Crippen LogP contribution in [-0.4, -0.2) is 18.4 Å². The molecular formula is C13H16O3. The zero-order chi connectivity index (χ0) is 11.8. The summed E-state index contributed by atoms with van der Waals surface area (Å²) in [7, 11) is 0. The highest BCUT2D eigenvalue weighted by atomic mass is 16.5. The summed E-state index contributed by atoms with van der Waals surface area (Å²) in [6, 6.07) is 9.75. The third kappa shape index (κ3) is 4.73. The van der Waals surface area contributed by atoms with Crippen molar-refractivity contribution in [1.29, 1.82) is 0 Å². The Bertz CT molecular complexity index is 343. The first-order valence-electron chi connectivity index (χ1n) is 5.43. The van der Waals surface area contributed by atoms with Gasteiger partial charge in [-0.05, 0) is 18.9 Å². The molecule has 0 aliphatic heterocycles. The van der Waals surface area contributed by atoms with E-state index in [-0.39, 0.29) is 12.2 Å². The Balaban J connectivity index is 2.28. The Morgan fingerprint density at radius 2 is 1.88 bits per heavy atom. The van der Waals surface area contributed by atoms with Gasteiger partial charge in [0.15, 0.2) is 0 Å². The van der Waals surface area contributed by atoms with Gasteiger partial charge in [0.1, 0.15) is 12.2 Å². The van der Waals surface area contributed by atoms with Crippen LogP contribution in [0, 0.1) is 0 Å². The average molecular weight is 220 g/mol. The molecule has 1 aromatic rings. The largest absolute Gasteiger partial charge is 0.466 e. The lowest BCUT2D eigenvalue weighted by molar-refractivity contribution is -0.145. The minimum atomic E-state index is -0.430. The fourth-order valence-electron chi connectivity index (χ4n) is 1.39. The molecule has 0 aliphatic carbocycles. The lowest BCUT2D eigenvalue weighted by Crippen LogP contribution is -2.11. The normalized spacial score (nSPS) is 9.81. The number of aryl methyl sites for hydroxylation is 1. The van der Waals surface area contributed by atoms with Gasteiger partial charge in [0.25, 0.3) is 0 Å². The second kappa shape index (κ2) is 6.77. The number of carbonyl (C=O) groups is 2. The van der Waals surface area contributed by atoms with Crippen molar-refractivity contribution >= 4 is 11.8 Å². The van der Waals surface area contributed by atoms with Crippen LogP contribution in [0.15, 0.2) is 30.3 Å². The molecule has 0 unspecified atom stereocenters. The average Bonchev–Trinajstić information content (AvgIpc) is 2.28. The van der Waals surface area contributed by atoms with Crippen LogP contribution >= 0.6 is 0 Å². The summed E-state index contributed by atoms with van der Waals surface area (Å²) < 4.78 is 4.70. The maximum atomic E-state index is 11.4. The van der Waals surface area contributed by atoms with Crippen LogP contribution in [0.1, 0.15) is 25.3 Å². The van der Waals surface area contributed by atoms with Gasteiger partial charge in [0, 0.05) is 6.42 Å². The van der Waals surface area contributed by atoms with Gasteiger partial charge in [-0.1, -0.05) is 30.3 Å². The molecule has 0 N–H and O–H groups in total. The van der Waals surface area contributed by atoms with E-state index in [1.165, 1.54) is 0 Å². The molecule has 0 heterocycles. The van der Waals surface area contributed by atoms with Crippen LogP contribution in [-0.2, 0) is 20.7 Å². The Labute approximate surface area is 95.4 Å². The standard InChI is InChI=1S/C13H16O3/c1-2-16-13(15)10-12(14)9-8-11-6-4-3-5-7-11/h3-7H,2,8-10H2,1H3. The zero-order valence-corrected chi connectivity index (χ0v) is 9.44. The molecule has 0 aliphatic rings. The minimum absolute atomic E-state index is 0.0673. The molecule has 0 amide bonds. The van der Waals surface area contributed by atoms with E-state index in [0.717, 1.165) is 5.56 Å². The van der Waals surface area contributed by atoms with Crippen molar-refractivity contribution in [2.24, 2.45) is 0 Å². The predicted molar refractivity (Wildman–Crippen MR) is 61.0 cm³/mol. The molecule has 3 heteroatoms. The highest BCUT2D eigenvalue weighted by Gasteiger charge is 2.09. The molecule has 0 bridgehead atoms. The lowest BCUT2D eigenvalue weighted by Gasteiger charge is -2.01. The summed E-state index contributed by atoms with van der Waals surface area (Å²) >= 11 is 0. The van der Waals surface area contributed by atoms with Gasteiger partial charge in [0.05, 0.1) is 6.61 Å². The Kier molecular flexibility index (Phi) is 5.26. The van der Waals surface area contributed by atoms with Crippen LogP contribution in [0.4, 0.5) is 0 Å². The Morgan fingerprint density at radius 3 is 2.50 bits per heavy atom. The second-order valence-corrected chi connectivity index (χ2v) is 3.51. The molecule has 0 saturated heterocycles. The summed E-state index contributed by atoms with van der Waals surface area (Å²) in [5, 5.41) is 0. The van der Waals surface area contributed by atoms with Crippen molar-refractivity contribution in [1.82, 2.24) is 0 Å². The van der Waals surface area contributed by atoms with Crippen LogP contribution < -0.4 is 0 Å². The van der Waals surface area contributed by atoms with Gasteiger partial charge < -0.3 is 4.74 Å². The first kappa shape index (κ1) is 12.4. The molecular weight excluding hydrogens is 204 g/mol. The van der Waals surface area contributed by atoms with Crippen molar-refractivity contribution in [3.05, 3.63) is 35.9 Å². The van der Waals surface area contributed by atoms with Crippen molar-refractivity contribution < 1.29 is 14.3 Å². The number of carbonyl (C=O) groups excluding carboxylic acids is 2. The van der Waals surface area contributed by atoms with Gasteiger partial charge >= 0.3 is 5.97 Å². The summed E-state index contributed by atoms with van der Waals surface area (Å²) in [5.74, 6) is -0.497. The van der Waals surface area contributed by atoms with E-state index < -0.39 is 5.97 Å². The van der Waals surface area contributed by atoms with Crippen LogP contribution in [0.3, 0.4) is 0 Å². The Hall–Kier alpha value is -1.64. The third-order valence-corrected chi connectivity index (χ3v) is 2.18. The predicted octanol–water partition coefficient (Wildman–Crippen LogP) is 2.14. The first-order chi connectivity index (χ1) is 7.72. The number of ether oxygens (including phenoxy) is 1. The number of hydrogen-bond donors (Lipinski definition) is 0. The molecule has 1 aromatic carbocycles. The van der Waals surface area contributed by atoms with Gasteiger partial charge in [-0.2, -0.15) is 0 Å². The molecule has 0 atom stereocenters. The SMILES string of the molecule is CCOC(=O)CC(=O)CCc1ccccc1. The molecule has 16 heavy (non-hydrogen) atoms. The summed E-state index contributed by atoms with van der Waals surface area (Å²) in [6.07, 6.45) is 0.961. The third-order valence-electron chi connectivity index (χ3n) is 2.18. The van der Waals surface area contributed by atoms with E-state index >= 15 is 0 Å². The summed E-state index contributed by atoms with van der Waals surface area (Å²) in [6.45, 7) is 2.05. The monoisotopic (exact) mass is 220 g/mol. The Morgan fingerprint density at radius 1 is 1.19 bits per heavy atom. The molecule has 3 nitrogen and oxygen atoms in total. The van der Waals surface area contributed by atoms with E-state index in [1.807, 2.05) is 30.3 Å². The fourth-order valence-corrected chi connectivity index (χ4v) is 1.39. The molecule has 0 aromatic heterocycles. The van der Waals surface area contributed by atoms with Gasteiger partial charge in [-0.3, -0.25) is 9.59 Å². The van der Waals surface area contributed by atoms with Gasteiger partial charge in [-0.25, -0.2) is 0 Å². The molecule has 86 valence electrons. The van der Waals surface area contributed by atoms with Crippen molar-refractivity contribution in [3.8, 4) is 0 Å². The summed E-state index contributed by atoms with van der Waals surface area (Å²) in [5.41, 5.74) is 1.11. The van der Waals surface area contributed by atoms with Gasteiger partial charge in [-0.15, -0.1) is 0 Å². The first-order valence-corrected chi connectivity index (χ1v) is 5.43. The van der Waals surface area contributed by atoms with Crippen LogP contribution in [0.5, 0.6) is 0 Å². The van der Waals surface area contributed by atoms with Crippen LogP contribution in [0.2, 0.25) is 0 Å². The van der Waals surface area contributed by atoms with Crippen molar-refractivity contribution in [3.63, 3.8) is 0 Å². The molecule has 0 spiro atoms. The van der Waals surface area contributed by atoms with Crippen LogP contribution in [0.25, 0.3) is 0 Å². The highest BCUT2D eigenvalue weighted by Crippen LogP contribution is 2.04. The smallest absolute Gasteiger partial charge is 0.313 e. The molecule has 1 rings (SSSR count). The number of hydrogen-bond acceptors (Lipinski definition) is 3. The number of ketones is 1. The fraction of sp³-hybridized carbons (Fsp3) is 0.385. The molecule has 0 fully saturated rings. The van der Waals surface area contributed by atoms with Crippen molar-refractivity contribution in [2.45, 2.75) is 26.2 Å². The van der Waals surface area contributed by atoms with E-state index in [1.54, 1.807) is 6.92 Å². The summed E-state index contributed by atoms with van der Waals surface area (Å²) in [4.78, 5) is 22.4. The maximum absolute atomic E-state index is 11.4. The van der Waals surface area contributed by atoms with E-state index in [0.29, 0.717) is 19.4 Å². The van der Waals surface area contributed by atoms with E-state index in [2.05, 4.69) is 0 Å². The van der Waals surface area contributed by atoms with E-state index in [4.69, 9.17) is 4.74 Å². The maximum Gasteiger partial charge on any atom is 0.313 e.